The zero-order valence-electron chi connectivity index (χ0n) is 10.0. The smallest absolute Gasteiger partial charge is 0.0934 e. The van der Waals surface area contributed by atoms with Crippen LogP contribution < -0.4 is 0 Å². The molecular formula is C15H17ClO. The van der Waals surface area contributed by atoms with E-state index in [-0.39, 0.29) is 0 Å². The average Bonchev–Trinajstić information content (AvgIpc) is 2.81. The standard InChI is InChI=1S/C15H17ClO/c1-12-3-2-4-13(7-12)8-15(10-16)9-14-5-6-17-11-14/h2-7,11,15H,8-10H2,1H3. The Labute approximate surface area is 107 Å². The molecule has 0 aliphatic carbocycles. The summed E-state index contributed by atoms with van der Waals surface area (Å²) >= 11 is 6.04. The molecule has 2 aromatic rings. The van der Waals surface area contributed by atoms with Crippen molar-refractivity contribution in [1.29, 1.82) is 0 Å². The largest absolute Gasteiger partial charge is 0.472 e. The van der Waals surface area contributed by atoms with Crippen molar-refractivity contribution in [3.63, 3.8) is 0 Å². The van der Waals surface area contributed by atoms with Gasteiger partial charge in [0.1, 0.15) is 0 Å². The number of hydrogen-bond acceptors (Lipinski definition) is 1. The van der Waals surface area contributed by atoms with E-state index in [0.717, 1.165) is 12.8 Å². The van der Waals surface area contributed by atoms with Crippen LogP contribution in [0.1, 0.15) is 16.7 Å². The van der Waals surface area contributed by atoms with Gasteiger partial charge in [0.05, 0.1) is 12.5 Å². The molecule has 0 N–H and O–H groups in total. The van der Waals surface area contributed by atoms with Crippen LogP contribution in [0.4, 0.5) is 0 Å². The number of furan rings is 1. The molecule has 1 nitrogen and oxygen atoms in total. The van der Waals surface area contributed by atoms with Gasteiger partial charge in [0, 0.05) is 5.88 Å². The van der Waals surface area contributed by atoms with E-state index in [1.165, 1.54) is 16.7 Å². The molecule has 0 spiro atoms. The van der Waals surface area contributed by atoms with Crippen molar-refractivity contribution in [1.82, 2.24) is 0 Å². The molecule has 2 rings (SSSR count). The van der Waals surface area contributed by atoms with Crippen LogP contribution in [-0.2, 0) is 12.8 Å². The van der Waals surface area contributed by atoms with Crippen molar-refractivity contribution in [3.8, 4) is 0 Å². The van der Waals surface area contributed by atoms with Crippen LogP contribution in [0.3, 0.4) is 0 Å². The average molecular weight is 249 g/mol. The summed E-state index contributed by atoms with van der Waals surface area (Å²) in [4.78, 5) is 0. The minimum atomic E-state index is 0.469. The fraction of sp³-hybridized carbons (Fsp3) is 0.333. The van der Waals surface area contributed by atoms with Crippen LogP contribution in [0, 0.1) is 12.8 Å². The quantitative estimate of drug-likeness (QED) is 0.722. The molecule has 90 valence electrons. The molecule has 0 bridgehead atoms. The van der Waals surface area contributed by atoms with Gasteiger partial charge in [-0.1, -0.05) is 29.8 Å². The molecule has 0 fully saturated rings. The Morgan fingerprint density at radius 1 is 1.18 bits per heavy atom. The van der Waals surface area contributed by atoms with Gasteiger partial charge in [-0.25, -0.2) is 0 Å². The summed E-state index contributed by atoms with van der Waals surface area (Å²) in [5, 5.41) is 0. The summed E-state index contributed by atoms with van der Waals surface area (Å²) in [5.74, 6) is 1.15. The summed E-state index contributed by atoms with van der Waals surface area (Å²) in [7, 11) is 0. The third-order valence-electron chi connectivity index (χ3n) is 2.93. The molecule has 0 radical (unpaired) electrons. The topological polar surface area (TPSA) is 13.1 Å². The van der Waals surface area contributed by atoms with E-state index in [1.54, 1.807) is 12.5 Å². The number of hydrogen-bond donors (Lipinski definition) is 0. The number of halogens is 1. The summed E-state index contributed by atoms with van der Waals surface area (Å²) in [6.45, 7) is 2.12. The lowest BCUT2D eigenvalue weighted by Gasteiger charge is -2.13. The molecule has 1 aromatic heterocycles. The summed E-state index contributed by atoms with van der Waals surface area (Å²) < 4.78 is 5.09. The van der Waals surface area contributed by atoms with Gasteiger partial charge >= 0.3 is 0 Å². The SMILES string of the molecule is Cc1cccc(CC(CCl)Cc2ccoc2)c1. The first-order chi connectivity index (χ1) is 8.28. The fourth-order valence-corrected chi connectivity index (χ4v) is 2.31. The maximum absolute atomic E-state index is 6.04. The van der Waals surface area contributed by atoms with E-state index in [9.17, 15) is 0 Å². The summed E-state index contributed by atoms with van der Waals surface area (Å²) in [6.07, 6.45) is 5.52. The van der Waals surface area contributed by atoms with Gasteiger partial charge in [-0.2, -0.15) is 0 Å². The van der Waals surface area contributed by atoms with Gasteiger partial charge < -0.3 is 4.42 Å². The Kier molecular flexibility index (Phi) is 4.27. The third-order valence-corrected chi connectivity index (χ3v) is 3.37. The highest BCUT2D eigenvalue weighted by Crippen LogP contribution is 2.17. The lowest BCUT2D eigenvalue weighted by atomic mass is 9.94. The van der Waals surface area contributed by atoms with E-state index in [1.807, 2.05) is 6.07 Å². The van der Waals surface area contributed by atoms with Crippen molar-refractivity contribution >= 4 is 11.6 Å². The normalized spacial score (nSPS) is 12.6. The number of aryl methyl sites for hydroxylation is 1. The van der Waals surface area contributed by atoms with E-state index < -0.39 is 0 Å². The molecule has 1 aromatic carbocycles. The minimum absolute atomic E-state index is 0.469. The molecular weight excluding hydrogens is 232 g/mol. The second kappa shape index (κ2) is 5.92. The lowest BCUT2D eigenvalue weighted by molar-refractivity contribution is 0.548. The molecule has 0 amide bonds. The Hall–Kier alpha value is -1.21. The monoisotopic (exact) mass is 248 g/mol. The Morgan fingerprint density at radius 2 is 2.00 bits per heavy atom. The molecule has 0 aliphatic rings. The van der Waals surface area contributed by atoms with E-state index in [0.29, 0.717) is 11.8 Å². The van der Waals surface area contributed by atoms with Crippen LogP contribution in [0.25, 0.3) is 0 Å². The minimum Gasteiger partial charge on any atom is -0.472 e. The van der Waals surface area contributed by atoms with Crippen molar-refractivity contribution in [3.05, 3.63) is 59.5 Å². The maximum atomic E-state index is 6.04. The predicted molar refractivity (Wildman–Crippen MR) is 71.5 cm³/mol. The van der Waals surface area contributed by atoms with Crippen molar-refractivity contribution in [2.45, 2.75) is 19.8 Å². The molecule has 1 atom stereocenters. The van der Waals surface area contributed by atoms with Gasteiger partial charge in [0.25, 0.3) is 0 Å². The highest BCUT2D eigenvalue weighted by atomic mass is 35.5. The molecule has 0 aliphatic heterocycles. The second-order valence-electron chi connectivity index (χ2n) is 4.55. The highest BCUT2D eigenvalue weighted by molar-refractivity contribution is 6.18. The second-order valence-corrected chi connectivity index (χ2v) is 4.86. The zero-order valence-corrected chi connectivity index (χ0v) is 10.8. The Balaban J connectivity index is 2.00. The fourth-order valence-electron chi connectivity index (χ4n) is 2.10. The number of alkyl halides is 1. The van der Waals surface area contributed by atoms with Crippen LogP contribution in [0.5, 0.6) is 0 Å². The Bertz CT molecular complexity index is 448. The molecule has 1 heterocycles. The van der Waals surface area contributed by atoms with Gasteiger partial charge in [-0.15, -0.1) is 11.6 Å². The van der Waals surface area contributed by atoms with Gasteiger partial charge in [0.2, 0.25) is 0 Å². The van der Waals surface area contributed by atoms with Gasteiger partial charge in [-0.05, 0) is 42.9 Å². The lowest BCUT2D eigenvalue weighted by Crippen LogP contribution is -2.09. The third kappa shape index (κ3) is 3.64. The molecule has 0 saturated carbocycles. The molecule has 1 unspecified atom stereocenters. The summed E-state index contributed by atoms with van der Waals surface area (Å²) in [5.41, 5.74) is 3.89. The molecule has 2 heteroatoms. The van der Waals surface area contributed by atoms with Crippen LogP contribution in [0.2, 0.25) is 0 Å². The van der Waals surface area contributed by atoms with Crippen LogP contribution in [0.15, 0.2) is 47.3 Å². The first-order valence-corrected chi connectivity index (χ1v) is 6.44. The van der Waals surface area contributed by atoms with Gasteiger partial charge in [0.15, 0.2) is 0 Å². The molecule has 0 saturated heterocycles. The van der Waals surface area contributed by atoms with Crippen LogP contribution in [-0.4, -0.2) is 5.88 Å². The zero-order chi connectivity index (χ0) is 12.1. The van der Waals surface area contributed by atoms with Gasteiger partial charge in [-0.3, -0.25) is 0 Å². The molecule has 17 heavy (non-hydrogen) atoms. The first kappa shape index (κ1) is 12.3. The maximum Gasteiger partial charge on any atom is 0.0934 e. The van der Waals surface area contributed by atoms with Crippen molar-refractivity contribution in [2.24, 2.45) is 5.92 Å². The summed E-state index contributed by atoms with van der Waals surface area (Å²) in [6, 6.07) is 10.6. The Morgan fingerprint density at radius 3 is 2.65 bits per heavy atom. The highest BCUT2D eigenvalue weighted by Gasteiger charge is 2.10. The first-order valence-electron chi connectivity index (χ1n) is 5.90. The van der Waals surface area contributed by atoms with E-state index >= 15 is 0 Å². The van der Waals surface area contributed by atoms with E-state index in [2.05, 4.69) is 31.2 Å². The van der Waals surface area contributed by atoms with Crippen molar-refractivity contribution < 1.29 is 4.42 Å². The van der Waals surface area contributed by atoms with E-state index in [4.69, 9.17) is 16.0 Å². The predicted octanol–water partition coefficient (Wildman–Crippen LogP) is 4.23. The van der Waals surface area contributed by atoms with Crippen LogP contribution >= 0.6 is 11.6 Å². The number of rotatable bonds is 5. The van der Waals surface area contributed by atoms with Crippen molar-refractivity contribution in [2.75, 3.05) is 5.88 Å². The number of benzene rings is 1.